The molecule has 1 N–H and O–H groups in total. The molecule has 0 unspecified atom stereocenters. The van der Waals surface area contributed by atoms with Crippen molar-refractivity contribution in [2.75, 3.05) is 7.11 Å². The fraction of sp³-hybridized carbons (Fsp3) is 0.417. The maximum Gasteiger partial charge on any atom is 0.341 e. The fourth-order valence-corrected chi connectivity index (χ4v) is 1.41. The zero-order chi connectivity index (χ0) is 12.0. The minimum Gasteiger partial charge on any atom is -0.316 e. The van der Waals surface area contributed by atoms with Gasteiger partial charge in [-0.3, -0.25) is 4.84 Å². The number of amides is 2. The molecule has 2 amide bonds. The lowest BCUT2D eigenvalue weighted by molar-refractivity contribution is 0.0793. The van der Waals surface area contributed by atoms with Gasteiger partial charge >= 0.3 is 6.03 Å². The van der Waals surface area contributed by atoms with Gasteiger partial charge in [0.15, 0.2) is 0 Å². The Bertz CT molecular complexity index is 325. The van der Waals surface area contributed by atoms with E-state index in [9.17, 15) is 4.79 Å². The summed E-state index contributed by atoms with van der Waals surface area (Å²) >= 11 is 0. The number of carbonyl (C=O) groups is 1. The minimum atomic E-state index is -0.221. The molecule has 4 nitrogen and oxygen atoms in total. The molecule has 0 heterocycles. The van der Waals surface area contributed by atoms with Crippen molar-refractivity contribution in [1.82, 2.24) is 10.4 Å². The van der Waals surface area contributed by atoms with Gasteiger partial charge in [-0.15, -0.1) is 0 Å². The summed E-state index contributed by atoms with van der Waals surface area (Å²) in [4.78, 5) is 18.0. The molecule has 0 saturated heterocycles. The van der Waals surface area contributed by atoms with Crippen LogP contribution in [0.3, 0.4) is 0 Å². The van der Waals surface area contributed by atoms with Gasteiger partial charge in [-0.2, -0.15) is 0 Å². The second kappa shape index (κ2) is 6.12. The summed E-state index contributed by atoms with van der Waals surface area (Å²) in [5.41, 5.74) is 3.43. The van der Waals surface area contributed by atoms with Crippen LogP contribution in [-0.2, 0) is 11.4 Å². The van der Waals surface area contributed by atoms with E-state index in [0.29, 0.717) is 6.54 Å². The van der Waals surface area contributed by atoms with Crippen molar-refractivity contribution in [3.8, 4) is 0 Å². The SMILES string of the molecule is CONC(=O)N(Cc1ccccc1)C(C)C. The highest BCUT2D eigenvalue weighted by atomic mass is 16.6. The number of hydroxylamine groups is 1. The molecule has 0 aliphatic carbocycles. The largest absolute Gasteiger partial charge is 0.341 e. The maximum atomic E-state index is 11.7. The molecule has 0 radical (unpaired) electrons. The number of urea groups is 1. The number of rotatable bonds is 4. The predicted molar refractivity (Wildman–Crippen MR) is 62.7 cm³/mol. The topological polar surface area (TPSA) is 41.6 Å². The number of hydrogen-bond acceptors (Lipinski definition) is 2. The molecule has 0 fully saturated rings. The van der Waals surface area contributed by atoms with Crippen LogP contribution >= 0.6 is 0 Å². The molecule has 1 aromatic carbocycles. The van der Waals surface area contributed by atoms with E-state index in [1.165, 1.54) is 7.11 Å². The number of nitrogens with one attached hydrogen (secondary N) is 1. The van der Waals surface area contributed by atoms with Crippen molar-refractivity contribution in [1.29, 1.82) is 0 Å². The van der Waals surface area contributed by atoms with Gasteiger partial charge in [0, 0.05) is 12.6 Å². The summed E-state index contributed by atoms with van der Waals surface area (Å²) in [6.45, 7) is 4.52. The summed E-state index contributed by atoms with van der Waals surface area (Å²) in [5, 5.41) is 0. The average Bonchev–Trinajstić information content (AvgIpc) is 2.27. The average molecular weight is 222 g/mol. The van der Waals surface area contributed by atoms with Gasteiger partial charge in [-0.05, 0) is 19.4 Å². The van der Waals surface area contributed by atoms with Crippen molar-refractivity contribution in [2.45, 2.75) is 26.4 Å². The van der Waals surface area contributed by atoms with Gasteiger partial charge < -0.3 is 4.90 Å². The molecule has 0 bridgehead atoms. The van der Waals surface area contributed by atoms with E-state index in [4.69, 9.17) is 0 Å². The third-order valence-electron chi connectivity index (χ3n) is 2.27. The molecule has 0 aromatic heterocycles. The Labute approximate surface area is 96.2 Å². The van der Waals surface area contributed by atoms with E-state index in [-0.39, 0.29) is 12.1 Å². The summed E-state index contributed by atoms with van der Waals surface area (Å²) in [7, 11) is 1.43. The van der Waals surface area contributed by atoms with Crippen molar-refractivity contribution in [3.63, 3.8) is 0 Å². The van der Waals surface area contributed by atoms with Crippen LogP contribution in [0.15, 0.2) is 30.3 Å². The van der Waals surface area contributed by atoms with Gasteiger partial charge in [0.1, 0.15) is 0 Å². The monoisotopic (exact) mass is 222 g/mol. The van der Waals surface area contributed by atoms with Crippen LogP contribution in [0.5, 0.6) is 0 Å². The van der Waals surface area contributed by atoms with E-state index in [0.717, 1.165) is 5.56 Å². The van der Waals surface area contributed by atoms with E-state index in [1.807, 2.05) is 44.2 Å². The second-order valence-electron chi connectivity index (χ2n) is 3.82. The van der Waals surface area contributed by atoms with E-state index in [2.05, 4.69) is 10.3 Å². The van der Waals surface area contributed by atoms with Gasteiger partial charge in [-0.25, -0.2) is 10.3 Å². The highest BCUT2D eigenvalue weighted by Crippen LogP contribution is 2.08. The Hall–Kier alpha value is -1.55. The quantitative estimate of drug-likeness (QED) is 0.793. The van der Waals surface area contributed by atoms with Crippen LogP contribution in [0.2, 0.25) is 0 Å². The molecule has 4 heteroatoms. The number of carbonyl (C=O) groups excluding carboxylic acids is 1. The lowest BCUT2D eigenvalue weighted by atomic mass is 10.2. The number of hydrogen-bond donors (Lipinski definition) is 1. The minimum absolute atomic E-state index is 0.121. The van der Waals surface area contributed by atoms with Crippen LogP contribution < -0.4 is 5.48 Å². The summed E-state index contributed by atoms with van der Waals surface area (Å²) in [6.07, 6.45) is 0. The van der Waals surface area contributed by atoms with Crippen molar-refractivity contribution in [2.24, 2.45) is 0 Å². The first kappa shape index (κ1) is 12.5. The summed E-state index contributed by atoms with van der Waals surface area (Å²) in [5.74, 6) is 0. The first-order valence-corrected chi connectivity index (χ1v) is 5.28. The first-order valence-electron chi connectivity index (χ1n) is 5.28. The lowest BCUT2D eigenvalue weighted by Crippen LogP contribution is -2.43. The van der Waals surface area contributed by atoms with Gasteiger partial charge in [0.05, 0.1) is 7.11 Å². The molecule has 1 rings (SSSR count). The van der Waals surface area contributed by atoms with Crippen molar-refractivity contribution >= 4 is 6.03 Å². The molecule has 0 aliphatic heterocycles. The fourth-order valence-electron chi connectivity index (χ4n) is 1.41. The van der Waals surface area contributed by atoms with Crippen molar-refractivity contribution < 1.29 is 9.63 Å². The zero-order valence-electron chi connectivity index (χ0n) is 9.93. The molecule has 0 aliphatic rings. The molecule has 1 aromatic rings. The van der Waals surface area contributed by atoms with Crippen LogP contribution in [0.1, 0.15) is 19.4 Å². The highest BCUT2D eigenvalue weighted by molar-refractivity contribution is 5.73. The third-order valence-corrected chi connectivity index (χ3v) is 2.27. The first-order chi connectivity index (χ1) is 7.65. The van der Waals surface area contributed by atoms with Crippen LogP contribution in [0, 0.1) is 0 Å². The van der Waals surface area contributed by atoms with E-state index < -0.39 is 0 Å². The Morgan fingerprint density at radius 1 is 1.38 bits per heavy atom. The van der Waals surface area contributed by atoms with Crippen LogP contribution in [0.25, 0.3) is 0 Å². The van der Waals surface area contributed by atoms with E-state index in [1.54, 1.807) is 4.90 Å². The molecule has 0 saturated carbocycles. The lowest BCUT2D eigenvalue weighted by Gasteiger charge is -2.26. The predicted octanol–water partition coefficient (Wildman–Crippen LogP) is 2.17. The molecule has 16 heavy (non-hydrogen) atoms. The van der Waals surface area contributed by atoms with Gasteiger partial charge in [0.2, 0.25) is 0 Å². The highest BCUT2D eigenvalue weighted by Gasteiger charge is 2.16. The van der Waals surface area contributed by atoms with E-state index >= 15 is 0 Å². The Morgan fingerprint density at radius 3 is 2.50 bits per heavy atom. The van der Waals surface area contributed by atoms with Gasteiger partial charge in [0.25, 0.3) is 0 Å². The molecular weight excluding hydrogens is 204 g/mol. The standard InChI is InChI=1S/C12H18N2O2/c1-10(2)14(12(15)13-16-3)9-11-7-5-4-6-8-11/h4-8,10H,9H2,1-3H3,(H,13,15). The molecule has 88 valence electrons. The maximum absolute atomic E-state index is 11.7. The summed E-state index contributed by atoms with van der Waals surface area (Å²) in [6, 6.07) is 9.77. The third kappa shape index (κ3) is 3.55. The van der Waals surface area contributed by atoms with Crippen LogP contribution in [-0.4, -0.2) is 24.1 Å². The zero-order valence-corrected chi connectivity index (χ0v) is 9.93. The Kier molecular flexibility index (Phi) is 4.79. The molecule has 0 atom stereocenters. The molecule has 0 spiro atoms. The Morgan fingerprint density at radius 2 is 2.00 bits per heavy atom. The summed E-state index contributed by atoms with van der Waals surface area (Å²) < 4.78 is 0. The Balaban J connectivity index is 2.69. The smallest absolute Gasteiger partial charge is 0.316 e. The van der Waals surface area contributed by atoms with Gasteiger partial charge in [-0.1, -0.05) is 30.3 Å². The second-order valence-corrected chi connectivity index (χ2v) is 3.82. The normalized spacial score (nSPS) is 10.2. The number of benzene rings is 1. The molecular formula is C12H18N2O2. The van der Waals surface area contributed by atoms with Crippen LogP contribution in [0.4, 0.5) is 4.79 Å². The van der Waals surface area contributed by atoms with Crippen molar-refractivity contribution in [3.05, 3.63) is 35.9 Å². The number of nitrogens with zero attached hydrogens (tertiary/aromatic N) is 1.